The van der Waals surface area contributed by atoms with Crippen molar-refractivity contribution >= 4 is 10.0 Å². The second kappa shape index (κ2) is 4.79. The highest BCUT2D eigenvalue weighted by atomic mass is 32.2. The molecule has 1 aliphatic rings. The highest BCUT2D eigenvalue weighted by molar-refractivity contribution is 7.89. The van der Waals surface area contributed by atoms with Gasteiger partial charge in [-0.15, -0.1) is 0 Å². The number of nitrogens with one attached hydrogen (secondary N) is 1. The lowest BCUT2D eigenvalue weighted by molar-refractivity contribution is 0.360. The van der Waals surface area contributed by atoms with Gasteiger partial charge in [-0.2, -0.15) is 9.57 Å². The summed E-state index contributed by atoms with van der Waals surface area (Å²) < 4.78 is 25.7. The van der Waals surface area contributed by atoms with Crippen molar-refractivity contribution in [1.29, 1.82) is 5.26 Å². The van der Waals surface area contributed by atoms with Crippen molar-refractivity contribution in [2.45, 2.75) is 4.90 Å². The summed E-state index contributed by atoms with van der Waals surface area (Å²) in [5, 5.41) is 11.7. The highest BCUT2D eigenvalue weighted by Gasteiger charge is 2.25. The first-order valence-corrected chi connectivity index (χ1v) is 6.65. The van der Waals surface area contributed by atoms with Crippen LogP contribution in [0.3, 0.4) is 0 Å². The lowest BCUT2D eigenvalue weighted by atomic mass is 10.4. The molecule has 1 fully saturated rings. The zero-order valence-electron chi connectivity index (χ0n) is 9.13. The van der Waals surface area contributed by atoms with Gasteiger partial charge in [0.15, 0.2) is 0 Å². The highest BCUT2D eigenvalue weighted by Crippen LogP contribution is 2.15. The summed E-state index contributed by atoms with van der Waals surface area (Å²) >= 11 is 0. The second-order valence-corrected chi connectivity index (χ2v) is 5.58. The Labute approximate surface area is 99.9 Å². The van der Waals surface area contributed by atoms with E-state index in [0.717, 1.165) is 0 Å². The fourth-order valence-electron chi connectivity index (χ4n) is 1.63. The van der Waals surface area contributed by atoms with Crippen molar-refractivity contribution in [3.8, 4) is 6.07 Å². The first-order chi connectivity index (χ1) is 8.14. The van der Waals surface area contributed by atoms with E-state index in [0.29, 0.717) is 26.2 Å². The Balaban J connectivity index is 2.27. The van der Waals surface area contributed by atoms with Crippen LogP contribution in [0.4, 0.5) is 0 Å². The second-order valence-electron chi connectivity index (χ2n) is 3.65. The van der Waals surface area contributed by atoms with E-state index in [1.54, 1.807) is 0 Å². The average Bonchev–Trinajstić information content (AvgIpc) is 2.40. The van der Waals surface area contributed by atoms with Crippen LogP contribution in [0.2, 0.25) is 0 Å². The van der Waals surface area contributed by atoms with Gasteiger partial charge in [0.05, 0.1) is 0 Å². The maximum Gasteiger partial charge on any atom is 0.244 e. The van der Waals surface area contributed by atoms with Crippen LogP contribution in [0.15, 0.2) is 23.2 Å². The lowest BCUT2D eigenvalue weighted by Gasteiger charge is -2.26. The van der Waals surface area contributed by atoms with Crippen molar-refractivity contribution < 1.29 is 8.42 Å². The summed E-state index contributed by atoms with van der Waals surface area (Å²) in [5.41, 5.74) is 0.212. The molecule has 0 radical (unpaired) electrons. The van der Waals surface area contributed by atoms with Crippen molar-refractivity contribution in [3.05, 3.63) is 24.0 Å². The van der Waals surface area contributed by atoms with Gasteiger partial charge in [-0.05, 0) is 12.1 Å². The normalized spacial score (nSPS) is 17.6. The van der Waals surface area contributed by atoms with E-state index >= 15 is 0 Å². The number of piperazine rings is 1. The van der Waals surface area contributed by atoms with Crippen LogP contribution in [-0.4, -0.2) is 43.9 Å². The number of hydrogen-bond acceptors (Lipinski definition) is 5. The maximum absolute atomic E-state index is 12.2. The molecule has 0 atom stereocenters. The molecule has 1 aromatic rings. The molecule has 0 saturated carbocycles. The molecule has 7 heteroatoms. The minimum Gasteiger partial charge on any atom is -0.314 e. The van der Waals surface area contributed by atoms with Crippen molar-refractivity contribution in [1.82, 2.24) is 14.6 Å². The molecule has 90 valence electrons. The number of pyridine rings is 1. The lowest BCUT2D eigenvalue weighted by Crippen LogP contribution is -2.46. The summed E-state index contributed by atoms with van der Waals surface area (Å²) in [6.45, 7) is 2.23. The van der Waals surface area contributed by atoms with Gasteiger partial charge in [0.25, 0.3) is 0 Å². The van der Waals surface area contributed by atoms with Crippen LogP contribution in [0.25, 0.3) is 0 Å². The predicted octanol–water partition coefficient (Wildman–Crippen LogP) is -0.453. The van der Waals surface area contributed by atoms with Gasteiger partial charge in [0.2, 0.25) is 10.0 Å². The Morgan fingerprint density at radius 3 is 2.59 bits per heavy atom. The van der Waals surface area contributed by atoms with Gasteiger partial charge in [-0.25, -0.2) is 13.4 Å². The van der Waals surface area contributed by atoms with Gasteiger partial charge in [-0.3, -0.25) is 0 Å². The summed E-state index contributed by atoms with van der Waals surface area (Å²) in [7, 11) is -3.47. The quantitative estimate of drug-likeness (QED) is 0.770. The molecule has 0 unspecified atom stereocenters. The monoisotopic (exact) mass is 252 g/mol. The molecule has 2 heterocycles. The number of rotatable bonds is 2. The number of nitrogens with zero attached hydrogens (tertiary/aromatic N) is 3. The summed E-state index contributed by atoms with van der Waals surface area (Å²) in [6.07, 6.45) is 1.23. The molecule has 6 nitrogen and oxygen atoms in total. The minimum atomic E-state index is -3.47. The molecular weight excluding hydrogens is 240 g/mol. The number of aromatic nitrogens is 1. The fraction of sp³-hybridized carbons (Fsp3) is 0.400. The largest absolute Gasteiger partial charge is 0.314 e. The molecule has 1 N–H and O–H groups in total. The third-order valence-corrected chi connectivity index (χ3v) is 4.45. The molecule has 17 heavy (non-hydrogen) atoms. The molecule has 0 aromatic carbocycles. The predicted molar refractivity (Wildman–Crippen MR) is 60.6 cm³/mol. The Morgan fingerprint density at radius 2 is 2.06 bits per heavy atom. The van der Waals surface area contributed by atoms with Crippen molar-refractivity contribution in [2.75, 3.05) is 26.2 Å². The number of hydrogen-bond donors (Lipinski definition) is 1. The van der Waals surface area contributed by atoms with Crippen LogP contribution >= 0.6 is 0 Å². The first-order valence-electron chi connectivity index (χ1n) is 5.21. The summed E-state index contributed by atoms with van der Waals surface area (Å²) in [4.78, 5) is 3.91. The Kier molecular flexibility index (Phi) is 3.38. The van der Waals surface area contributed by atoms with E-state index in [1.807, 2.05) is 6.07 Å². The van der Waals surface area contributed by atoms with E-state index in [-0.39, 0.29) is 10.6 Å². The van der Waals surface area contributed by atoms with Gasteiger partial charge >= 0.3 is 0 Å². The third kappa shape index (κ3) is 2.44. The maximum atomic E-state index is 12.2. The van der Waals surface area contributed by atoms with Gasteiger partial charge in [0, 0.05) is 32.4 Å². The Morgan fingerprint density at radius 1 is 1.35 bits per heavy atom. The van der Waals surface area contributed by atoms with E-state index < -0.39 is 10.0 Å². The third-order valence-electron chi connectivity index (χ3n) is 2.56. The van der Waals surface area contributed by atoms with E-state index in [2.05, 4.69) is 10.3 Å². The molecule has 1 aliphatic heterocycles. The minimum absolute atomic E-state index is 0.137. The number of sulfonamides is 1. The molecule has 2 rings (SSSR count). The first kappa shape index (κ1) is 12.0. The Bertz CT molecular complexity index is 526. The fourth-order valence-corrected chi connectivity index (χ4v) is 3.02. The van der Waals surface area contributed by atoms with Crippen LogP contribution in [0.5, 0.6) is 0 Å². The SMILES string of the molecule is N#Cc1ccc(S(=O)(=O)N2CCNCC2)cn1. The Hall–Kier alpha value is -1.49. The molecule has 0 amide bonds. The smallest absolute Gasteiger partial charge is 0.244 e. The molecular formula is C10H12N4O2S. The van der Waals surface area contributed by atoms with Gasteiger partial charge in [-0.1, -0.05) is 0 Å². The molecule has 1 saturated heterocycles. The van der Waals surface area contributed by atoms with Gasteiger partial charge < -0.3 is 5.32 Å². The summed E-state index contributed by atoms with van der Waals surface area (Å²) in [6, 6.07) is 4.69. The van der Waals surface area contributed by atoms with Crippen molar-refractivity contribution in [2.24, 2.45) is 0 Å². The van der Waals surface area contributed by atoms with Crippen LogP contribution in [0, 0.1) is 11.3 Å². The summed E-state index contributed by atoms with van der Waals surface area (Å²) in [5.74, 6) is 0. The van der Waals surface area contributed by atoms with E-state index in [4.69, 9.17) is 5.26 Å². The average molecular weight is 252 g/mol. The zero-order valence-corrected chi connectivity index (χ0v) is 9.94. The molecule has 0 bridgehead atoms. The molecule has 0 aliphatic carbocycles. The molecule has 1 aromatic heterocycles. The van der Waals surface area contributed by atoms with E-state index in [9.17, 15) is 8.42 Å². The van der Waals surface area contributed by atoms with Gasteiger partial charge in [0.1, 0.15) is 16.7 Å². The van der Waals surface area contributed by atoms with E-state index in [1.165, 1.54) is 22.6 Å². The topological polar surface area (TPSA) is 86.1 Å². The zero-order chi connectivity index (χ0) is 12.3. The van der Waals surface area contributed by atoms with Crippen LogP contribution in [-0.2, 0) is 10.0 Å². The number of nitriles is 1. The van der Waals surface area contributed by atoms with Crippen LogP contribution in [0.1, 0.15) is 5.69 Å². The molecule has 0 spiro atoms. The van der Waals surface area contributed by atoms with Crippen molar-refractivity contribution in [3.63, 3.8) is 0 Å². The van der Waals surface area contributed by atoms with Crippen LogP contribution < -0.4 is 5.32 Å². The standard InChI is InChI=1S/C10H12N4O2S/c11-7-9-1-2-10(8-13-9)17(15,16)14-5-3-12-4-6-14/h1-2,8,12H,3-6H2.